The quantitative estimate of drug-likeness (QED) is 0.592. The number of carbonyl (C=O) groups is 1. The van der Waals surface area contributed by atoms with Gasteiger partial charge in [0, 0.05) is 61.5 Å². The van der Waals surface area contributed by atoms with Gasteiger partial charge >= 0.3 is 0 Å². The van der Waals surface area contributed by atoms with E-state index in [1.807, 2.05) is 30.8 Å². The molecule has 3 N–H and O–H groups in total. The molecule has 2 aromatic heterocycles. The van der Waals surface area contributed by atoms with E-state index in [9.17, 15) is 9.90 Å². The maximum Gasteiger partial charge on any atom is 0.268 e. The normalized spacial score (nSPS) is 21.0. The molecule has 3 aliphatic rings. The lowest BCUT2D eigenvalue weighted by Gasteiger charge is -2.25. The molecule has 1 atom stereocenters. The van der Waals surface area contributed by atoms with E-state index in [0.29, 0.717) is 18.8 Å². The number of rotatable bonds is 5. The summed E-state index contributed by atoms with van der Waals surface area (Å²) in [5.41, 5.74) is 5.14. The lowest BCUT2D eigenvalue weighted by Crippen LogP contribution is -2.37. The molecular weight excluding hydrogens is 426 g/mol. The Bertz CT molecular complexity index is 1070. The molecule has 5 heterocycles. The Morgan fingerprint density at radius 2 is 2.28 bits per heavy atom. The molecule has 1 fully saturated rings. The van der Waals surface area contributed by atoms with E-state index in [4.69, 9.17) is 0 Å². The van der Waals surface area contributed by atoms with Gasteiger partial charge in [-0.15, -0.1) is 0 Å². The second-order valence-electron chi connectivity index (χ2n) is 8.60. The van der Waals surface area contributed by atoms with Crippen LogP contribution in [0, 0.1) is 6.92 Å². The van der Waals surface area contributed by atoms with Crippen molar-refractivity contribution in [3.63, 3.8) is 0 Å². The Labute approximate surface area is 191 Å². The van der Waals surface area contributed by atoms with Crippen LogP contribution in [0.1, 0.15) is 40.3 Å². The zero-order valence-electron chi connectivity index (χ0n) is 18.5. The Balaban J connectivity index is 1.23. The Morgan fingerprint density at radius 1 is 1.41 bits per heavy atom. The van der Waals surface area contributed by atoms with Crippen molar-refractivity contribution in [1.82, 2.24) is 29.3 Å². The number of carbonyl (C=O) groups excluding carboxylic acids is 1. The number of β-amino-alcohol motifs (C(OH)–C–C–N with tert-alkyl or cyclic N) is 1. The lowest BCUT2D eigenvalue weighted by atomic mass is 10.1. The van der Waals surface area contributed by atoms with Gasteiger partial charge in [0.15, 0.2) is 0 Å². The van der Waals surface area contributed by atoms with Gasteiger partial charge in [0.1, 0.15) is 11.5 Å². The minimum Gasteiger partial charge on any atom is -0.391 e. The fourth-order valence-corrected chi connectivity index (χ4v) is 5.58. The summed E-state index contributed by atoms with van der Waals surface area (Å²) in [5.74, 6) is 0.824. The first-order valence-electron chi connectivity index (χ1n) is 11.0. The second-order valence-corrected chi connectivity index (χ2v) is 9.73. The third-order valence-electron chi connectivity index (χ3n) is 6.41. The molecule has 2 aromatic rings. The predicted octanol–water partition coefficient (Wildman–Crippen LogP) is 1.60. The van der Waals surface area contributed by atoms with Crippen LogP contribution in [0.5, 0.6) is 0 Å². The molecule has 0 bridgehead atoms. The number of aromatic nitrogens is 3. The van der Waals surface area contributed by atoms with Crippen LogP contribution >= 0.6 is 11.9 Å². The van der Waals surface area contributed by atoms with Crippen molar-refractivity contribution < 1.29 is 9.90 Å². The fraction of sp³-hybridized carbons (Fsp3) is 0.500. The number of nitrogens with one attached hydrogen (secondary N) is 2. The highest BCUT2D eigenvalue weighted by Gasteiger charge is 2.27. The van der Waals surface area contributed by atoms with Gasteiger partial charge in [0.25, 0.3) is 5.91 Å². The van der Waals surface area contributed by atoms with Gasteiger partial charge in [0.05, 0.1) is 24.5 Å². The van der Waals surface area contributed by atoms with Crippen LogP contribution in [0.3, 0.4) is 0 Å². The average molecular weight is 456 g/mol. The summed E-state index contributed by atoms with van der Waals surface area (Å²) >= 11 is 1.68. The Kier molecular flexibility index (Phi) is 5.83. The minimum atomic E-state index is -0.298. The van der Waals surface area contributed by atoms with Gasteiger partial charge in [-0.05, 0) is 37.8 Å². The Hall–Kier alpha value is -2.56. The van der Waals surface area contributed by atoms with Crippen LogP contribution in [0.15, 0.2) is 33.8 Å². The summed E-state index contributed by atoms with van der Waals surface area (Å²) in [6.45, 7) is 6.31. The van der Waals surface area contributed by atoms with Crippen LogP contribution in [-0.4, -0.2) is 73.1 Å². The van der Waals surface area contributed by atoms with Gasteiger partial charge in [0.2, 0.25) is 0 Å². The number of amides is 1. The molecule has 32 heavy (non-hydrogen) atoms. The van der Waals surface area contributed by atoms with Crippen molar-refractivity contribution >= 4 is 23.7 Å². The zero-order valence-corrected chi connectivity index (χ0v) is 19.3. The molecule has 0 aliphatic carbocycles. The monoisotopic (exact) mass is 455 g/mol. The number of nitrogens with zero attached hydrogens (tertiary/aromatic N) is 5. The van der Waals surface area contributed by atoms with E-state index < -0.39 is 0 Å². The molecule has 1 amide bonds. The molecule has 0 spiro atoms. The molecular formula is C22H29N7O2S. The lowest BCUT2D eigenvalue weighted by molar-refractivity contribution is 0.0949. The molecule has 170 valence electrons. The summed E-state index contributed by atoms with van der Waals surface area (Å²) in [7, 11) is 1.93. The molecule has 5 rings (SSSR count). The van der Waals surface area contributed by atoms with Gasteiger partial charge in [-0.2, -0.15) is 5.10 Å². The van der Waals surface area contributed by atoms with E-state index in [0.717, 1.165) is 66.7 Å². The molecule has 0 aromatic carbocycles. The number of dihydropyridines is 1. The van der Waals surface area contributed by atoms with Gasteiger partial charge in [-0.3, -0.25) is 14.9 Å². The topological polar surface area (TPSA) is 102 Å². The van der Waals surface area contributed by atoms with E-state index in [1.54, 1.807) is 11.9 Å². The number of likely N-dealkylation sites (tertiary alicyclic amines) is 1. The smallest absolute Gasteiger partial charge is 0.268 e. The number of aromatic amines is 1. The number of aliphatic hydroxyl groups excluding tert-OH is 1. The zero-order chi connectivity index (χ0) is 22.2. The first-order valence-corrected chi connectivity index (χ1v) is 11.8. The molecule has 1 saturated heterocycles. The summed E-state index contributed by atoms with van der Waals surface area (Å²) in [5, 5.41) is 20.1. The van der Waals surface area contributed by atoms with E-state index >= 15 is 0 Å². The van der Waals surface area contributed by atoms with Crippen molar-refractivity contribution in [2.24, 2.45) is 12.0 Å². The molecule has 9 nitrogen and oxygen atoms in total. The first kappa shape index (κ1) is 21.3. The van der Waals surface area contributed by atoms with Crippen molar-refractivity contribution in [1.29, 1.82) is 0 Å². The molecule has 0 saturated carbocycles. The minimum absolute atomic E-state index is 0.0921. The fourth-order valence-electron chi connectivity index (χ4n) is 4.48. The van der Waals surface area contributed by atoms with Crippen LogP contribution < -0.4 is 5.32 Å². The number of aliphatic hydroxyl groups is 1. The average Bonchev–Trinajstić information content (AvgIpc) is 3.54. The number of hydrogen-bond donors (Lipinski definition) is 3. The highest BCUT2D eigenvalue weighted by Crippen LogP contribution is 2.34. The van der Waals surface area contributed by atoms with Gasteiger partial charge < -0.3 is 19.9 Å². The first-order chi connectivity index (χ1) is 15.5. The number of aliphatic imine (C=N–C) groups is 1. The number of H-pyrrole nitrogens is 1. The summed E-state index contributed by atoms with van der Waals surface area (Å²) in [6.07, 6.45) is 5.38. The summed E-state index contributed by atoms with van der Waals surface area (Å²) < 4.78 is 4.22. The van der Waals surface area contributed by atoms with Crippen LogP contribution in [0.25, 0.3) is 0 Å². The van der Waals surface area contributed by atoms with Crippen LogP contribution in [0.2, 0.25) is 0 Å². The van der Waals surface area contributed by atoms with E-state index in [2.05, 4.69) is 35.8 Å². The van der Waals surface area contributed by atoms with Gasteiger partial charge in [-0.1, -0.05) is 6.08 Å². The third kappa shape index (κ3) is 4.10. The van der Waals surface area contributed by atoms with Crippen molar-refractivity contribution in [2.75, 3.05) is 26.2 Å². The van der Waals surface area contributed by atoms with E-state index in [1.165, 1.54) is 5.56 Å². The van der Waals surface area contributed by atoms with Crippen LogP contribution in [-0.2, 0) is 20.1 Å². The SMILES string of the molecule is Cc1c(SN2Cc3cn[nH]c3C2)cc(C(=O)NCC2=CCCN=C2N2CCC(O)C2)n1C. The van der Waals surface area contributed by atoms with Crippen LogP contribution in [0.4, 0.5) is 0 Å². The molecule has 10 heteroatoms. The summed E-state index contributed by atoms with van der Waals surface area (Å²) in [4.78, 5) is 20.9. The van der Waals surface area contributed by atoms with Crippen molar-refractivity contribution in [3.8, 4) is 0 Å². The molecule has 1 unspecified atom stereocenters. The summed E-state index contributed by atoms with van der Waals surface area (Å²) in [6, 6.07) is 1.97. The number of amidine groups is 1. The van der Waals surface area contributed by atoms with Crippen molar-refractivity contribution in [2.45, 2.75) is 43.9 Å². The van der Waals surface area contributed by atoms with Crippen molar-refractivity contribution in [3.05, 3.63) is 46.6 Å². The standard InChI is InChI=1S/C22H29N7O2S/c1-14-20(32-29-11-16-10-25-26-18(16)13-29)8-19(27(14)2)22(31)24-9-15-4-3-6-23-21(15)28-7-5-17(30)12-28/h4,8,10,17,30H,3,5-7,9,11-13H2,1-2H3,(H,24,31)(H,25,26). The maximum atomic E-state index is 13.0. The second kappa shape index (κ2) is 8.76. The van der Waals surface area contributed by atoms with E-state index in [-0.39, 0.29) is 12.0 Å². The Morgan fingerprint density at radius 3 is 3.06 bits per heavy atom. The molecule has 3 aliphatic heterocycles. The molecule has 0 radical (unpaired) electrons. The highest BCUT2D eigenvalue weighted by molar-refractivity contribution is 7.97. The maximum absolute atomic E-state index is 13.0. The largest absolute Gasteiger partial charge is 0.391 e. The van der Waals surface area contributed by atoms with Gasteiger partial charge in [-0.25, -0.2) is 4.31 Å². The highest BCUT2D eigenvalue weighted by atomic mass is 32.2. The number of hydrogen-bond acceptors (Lipinski definition) is 7. The predicted molar refractivity (Wildman–Crippen MR) is 123 cm³/mol. The number of fused-ring (bicyclic) bond motifs is 1. The third-order valence-corrected chi connectivity index (χ3v) is 7.53.